The van der Waals surface area contributed by atoms with Crippen LogP contribution in [0.25, 0.3) is 22.3 Å². The molecule has 0 spiro atoms. The van der Waals surface area contributed by atoms with Gasteiger partial charge in [-0.05, 0) is 0 Å². The number of rotatable bonds is 3. The van der Waals surface area contributed by atoms with Gasteiger partial charge in [-0.2, -0.15) is 0 Å². The molecule has 4 aromatic rings. The van der Waals surface area contributed by atoms with E-state index in [4.69, 9.17) is 0 Å². The van der Waals surface area contributed by atoms with E-state index in [2.05, 4.69) is 110 Å². The van der Waals surface area contributed by atoms with Crippen molar-refractivity contribution in [3.63, 3.8) is 0 Å². The molecule has 37 heavy (non-hydrogen) atoms. The summed E-state index contributed by atoms with van der Waals surface area (Å²) < 4.78 is 0. The molecule has 8 rings (SSSR count). The van der Waals surface area contributed by atoms with Crippen LogP contribution in [0.3, 0.4) is 0 Å². The number of hydrogen-bond acceptors (Lipinski definition) is 0. The van der Waals surface area contributed by atoms with Crippen molar-refractivity contribution in [1.29, 1.82) is 0 Å². The molecule has 0 saturated heterocycles. The van der Waals surface area contributed by atoms with Gasteiger partial charge in [0.25, 0.3) is 0 Å². The monoisotopic (exact) mass is 520 g/mol. The van der Waals surface area contributed by atoms with Crippen LogP contribution in [0.5, 0.6) is 0 Å². The van der Waals surface area contributed by atoms with Gasteiger partial charge in [-0.3, -0.25) is 0 Å². The molecule has 2 heterocycles. The second-order valence-corrected chi connectivity index (χ2v) is 28.7. The Balaban J connectivity index is 1.69. The molecule has 0 atom stereocenters. The van der Waals surface area contributed by atoms with Crippen LogP contribution in [0.2, 0.25) is 0 Å². The molecule has 0 radical (unpaired) electrons. The summed E-state index contributed by atoms with van der Waals surface area (Å²) in [4.78, 5) is 0. The van der Waals surface area contributed by atoms with Gasteiger partial charge in [-0.15, -0.1) is 0 Å². The minimum absolute atomic E-state index is 0.762. The summed E-state index contributed by atoms with van der Waals surface area (Å²) in [6.45, 7) is 5.89. The van der Waals surface area contributed by atoms with E-state index in [1.54, 1.807) is 43.5 Å². The first-order chi connectivity index (χ1) is 18.0. The third-order valence-corrected chi connectivity index (χ3v) is 38.4. The second kappa shape index (κ2) is 7.23. The van der Waals surface area contributed by atoms with Gasteiger partial charge in [0.05, 0.1) is 0 Å². The average Bonchev–Trinajstić information content (AvgIpc) is 3.60. The van der Waals surface area contributed by atoms with Crippen molar-refractivity contribution >= 4 is 33.8 Å². The molecule has 2 saturated carbocycles. The number of fused-ring (bicyclic) bond motifs is 6. The molecule has 0 nitrogen and oxygen atoms in total. The Morgan fingerprint density at radius 3 is 0.946 bits per heavy atom. The summed E-state index contributed by atoms with van der Waals surface area (Å²) >= 11 is 0. The molecular formula is C35H38P2. The Hall–Kier alpha value is -2.26. The van der Waals surface area contributed by atoms with Gasteiger partial charge in [0.1, 0.15) is 0 Å². The summed E-state index contributed by atoms with van der Waals surface area (Å²) in [6.07, 6.45) is 4.07. The third-order valence-electron chi connectivity index (χ3n) is 12.1. The van der Waals surface area contributed by atoms with E-state index < -0.39 is 12.6 Å². The van der Waals surface area contributed by atoms with E-state index >= 15 is 0 Å². The van der Waals surface area contributed by atoms with Gasteiger partial charge in [0, 0.05) is 0 Å². The molecular weight excluding hydrogens is 482 g/mol. The van der Waals surface area contributed by atoms with Crippen LogP contribution in [0.15, 0.2) is 97.1 Å². The molecule has 0 amide bonds. The van der Waals surface area contributed by atoms with Crippen LogP contribution >= 0.6 is 12.6 Å². The summed E-state index contributed by atoms with van der Waals surface area (Å²) in [7, 11) is 0. The molecule has 188 valence electrons. The van der Waals surface area contributed by atoms with Crippen molar-refractivity contribution in [2.45, 2.75) is 56.3 Å². The summed E-state index contributed by atoms with van der Waals surface area (Å²) in [5.41, 5.74) is 7.75. The van der Waals surface area contributed by atoms with Gasteiger partial charge >= 0.3 is 223 Å². The van der Waals surface area contributed by atoms with Crippen molar-refractivity contribution in [2.75, 3.05) is 13.3 Å². The Labute approximate surface area is 222 Å². The number of hydrogen-bond donors (Lipinski definition) is 0. The number of benzene rings is 4. The van der Waals surface area contributed by atoms with Crippen LogP contribution in [-0.4, -0.2) is 24.6 Å². The fourth-order valence-electron chi connectivity index (χ4n) is 10.3. The van der Waals surface area contributed by atoms with Gasteiger partial charge in [0.15, 0.2) is 0 Å². The van der Waals surface area contributed by atoms with Gasteiger partial charge in [-0.25, -0.2) is 0 Å². The quantitative estimate of drug-likeness (QED) is 0.240. The van der Waals surface area contributed by atoms with Crippen LogP contribution in [0.1, 0.15) is 44.9 Å². The topological polar surface area (TPSA) is 0 Å². The summed E-state index contributed by atoms with van der Waals surface area (Å²) in [5.74, 6) is 0. The molecule has 0 unspecified atom stereocenters. The van der Waals surface area contributed by atoms with Gasteiger partial charge in [0.2, 0.25) is 0 Å². The van der Waals surface area contributed by atoms with Crippen molar-refractivity contribution in [3.8, 4) is 22.3 Å². The Bertz CT molecular complexity index is 1500. The molecule has 0 bridgehead atoms. The first kappa shape index (κ1) is 22.7. The fraction of sp³-hybridized carbons (Fsp3) is 0.314. The molecule has 2 aliphatic carbocycles. The maximum atomic E-state index is 2.95. The second-order valence-electron chi connectivity index (χ2n) is 12.8. The molecule has 4 aromatic carbocycles. The zero-order valence-electron chi connectivity index (χ0n) is 22.2. The molecule has 2 fully saturated rings. The summed E-state index contributed by atoms with van der Waals surface area (Å²) in [6, 6.07) is 39.0. The van der Waals surface area contributed by atoms with E-state index in [1.165, 1.54) is 44.9 Å². The Morgan fingerprint density at radius 2 is 0.676 bits per heavy atom. The minimum atomic E-state index is -2.84. The molecule has 4 aliphatic rings. The van der Waals surface area contributed by atoms with Crippen LogP contribution in [0, 0.1) is 0 Å². The van der Waals surface area contributed by atoms with Crippen molar-refractivity contribution < 1.29 is 0 Å². The first-order valence-corrected chi connectivity index (χ1v) is 20.7. The third kappa shape index (κ3) is 2.12. The maximum absolute atomic E-state index is 2.95. The van der Waals surface area contributed by atoms with E-state index in [1.807, 2.05) is 0 Å². The van der Waals surface area contributed by atoms with Crippen molar-refractivity contribution in [2.24, 2.45) is 0 Å². The van der Waals surface area contributed by atoms with Crippen molar-refractivity contribution in [1.82, 2.24) is 0 Å². The molecule has 0 aromatic heterocycles. The normalized spacial score (nSPS) is 25.8. The summed E-state index contributed by atoms with van der Waals surface area (Å²) in [5, 5.41) is 7.05. The zero-order chi connectivity index (χ0) is 24.9. The predicted octanol–water partition coefficient (Wildman–Crippen LogP) is 8.03. The SMILES string of the molecule is CP1(C2CCCC2)(P2(C)(C3CCC3)c3ccccc3-c3ccccc32)c2ccccc2-c2ccccc21. The first-order valence-electron chi connectivity index (χ1n) is 14.4. The fourth-order valence-corrected chi connectivity index (χ4v) is 39.8. The standard InChI is InChI=1S/C35H38P2/c1-36(26-14-3-4-15-26,32-22-9-5-18-28(32)29-19-6-10-23-33(29)36)37(2,27-16-13-17-27)34-24-11-7-20-30(34)31-21-8-12-25-35(31)37/h5-12,18-27H,3-4,13-17H2,1-2H3. The molecule has 0 N–H and O–H groups in total. The van der Waals surface area contributed by atoms with Crippen molar-refractivity contribution in [3.05, 3.63) is 97.1 Å². The van der Waals surface area contributed by atoms with E-state index in [0.717, 1.165) is 11.3 Å². The zero-order valence-corrected chi connectivity index (χ0v) is 24.0. The van der Waals surface area contributed by atoms with Crippen LogP contribution in [-0.2, 0) is 0 Å². The Morgan fingerprint density at radius 1 is 0.405 bits per heavy atom. The molecule has 2 aliphatic heterocycles. The Kier molecular flexibility index (Phi) is 4.43. The van der Waals surface area contributed by atoms with E-state index in [-0.39, 0.29) is 0 Å². The van der Waals surface area contributed by atoms with Gasteiger partial charge < -0.3 is 0 Å². The van der Waals surface area contributed by atoms with E-state index in [9.17, 15) is 0 Å². The van der Waals surface area contributed by atoms with E-state index in [0.29, 0.717) is 0 Å². The molecule has 2 heteroatoms. The van der Waals surface area contributed by atoms with Gasteiger partial charge in [-0.1, -0.05) is 0 Å². The predicted molar refractivity (Wildman–Crippen MR) is 168 cm³/mol. The van der Waals surface area contributed by atoms with Crippen LogP contribution < -0.4 is 21.2 Å². The average molecular weight is 521 g/mol. The van der Waals surface area contributed by atoms with Crippen LogP contribution in [0.4, 0.5) is 0 Å².